The molecule has 0 saturated heterocycles. The van der Waals surface area contributed by atoms with Gasteiger partial charge in [0.05, 0.1) is 0 Å². The van der Waals surface area contributed by atoms with Crippen LogP contribution in [0.15, 0.2) is 0 Å². The first kappa shape index (κ1) is 15.1. The predicted octanol–water partition coefficient (Wildman–Crippen LogP) is 5.23. The summed E-state index contributed by atoms with van der Waals surface area (Å²) in [6, 6.07) is 0. The average molecular weight is 264 g/mol. The van der Waals surface area contributed by atoms with Crippen molar-refractivity contribution < 1.29 is 4.79 Å². The van der Waals surface area contributed by atoms with Crippen molar-refractivity contribution >= 4 is 5.78 Å². The monoisotopic (exact) mass is 264 g/mol. The Labute approximate surface area is 119 Å². The van der Waals surface area contributed by atoms with Gasteiger partial charge in [0.25, 0.3) is 0 Å². The number of fused-ring (bicyclic) bond motifs is 1. The zero-order chi connectivity index (χ0) is 14.0. The molecule has 2 aliphatic carbocycles. The summed E-state index contributed by atoms with van der Waals surface area (Å²) in [6.07, 6.45) is 9.85. The summed E-state index contributed by atoms with van der Waals surface area (Å²) in [4.78, 5) is 12.2. The van der Waals surface area contributed by atoms with Crippen LogP contribution in [0.3, 0.4) is 0 Å². The van der Waals surface area contributed by atoms with Crippen molar-refractivity contribution in [2.24, 2.45) is 29.1 Å². The van der Waals surface area contributed by atoms with E-state index in [-0.39, 0.29) is 0 Å². The van der Waals surface area contributed by atoms with Crippen LogP contribution >= 0.6 is 0 Å². The molecule has 0 aromatic rings. The number of carbonyl (C=O) groups excluding carboxylic acids is 1. The Balaban J connectivity index is 1.95. The highest BCUT2D eigenvalue weighted by Crippen LogP contribution is 2.57. The molecule has 110 valence electrons. The molecule has 19 heavy (non-hydrogen) atoms. The zero-order valence-corrected chi connectivity index (χ0v) is 13.4. The van der Waals surface area contributed by atoms with E-state index in [1.165, 1.54) is 38.5 Å². The molecule has 0 bridgehead atoms. The van der Waals surface area contributed by atoms with E-state index in [9.17, 15) is 4.79 Å². The lowest BCUT2D eigenvalue weighted by Gasteiger charge is -2.42. The maximum atomic E-state index is 12.2. The van der Waals surface area contributed by atoms with Gasteiger partial charge in [-0.1, -0.05) is 47.0 Å². The molecule has 0 aromatic heterocycles. The normalized spacial score (nSPS) is 36.6. The number of hydrogen-bond acceptors (Lipinski definition) is 1. The molecule has 0 unspecified atom stereocenters. The van der Waals surface area contributed by atoms with Crippen LogP contribution < -0.4 is 0 Å². The van der Waals surface area contributed by atoms with Gasteiger partial charge in [0.1, 0.15) is 5.78 Å². The van der Waals surface area contributed by atoms with Gasteiger partial charge in [0.2, 0.25) is 0 Å². The summed E-state index contributed by atoms with van der Waals surface area (Å²) in [5, 5.41) is 0. The number of carbonyl (C=O) groups is 1. The third kappa shape index (κ3) is 3.06. The van der Waals surface area contributed by atoms with Crippen LogP contribution in [-0.4, -0.2) is 5.78 Å². The summed E-state index contributed by atoms with van der Waals surface area (Å²) in [6.45, 7) is 9.50. The van der Waals surface area contributed by atoms with Crippen LogP contribution in [-0.2, 0) is 4.79 Å². The molecule has 2 saturated carbocycles. The molecule has 4 atom stereocenters. The fourth-order valence-corrected chi connectivity index (χ4v) is 4.95. The highest BCUT2D eigenvalue weighted by atomic mass is 16.1. The van der Waals surface area contributed by atoms with Gasteiger partial charge in [-0.2, -0.15) is 0 Å². The minimum atomic E-state index is 0.340. The van der Waals surface area contributed by atoms with E-state index in [0.29, 0.717) is 17.1 Å². The fourth-order valence-electron chi connectivity index (χ4n) is 4.95. The minimum absolute atomic E-state index is 0.340. The van der Waals surface area contributed by atoms with Crippen LogP contribution in [0.2, 0.25) is 0 Å². The third-order valence-corrected chi connectivity index (χ3v) is 6.06. The molecule has 2 rings (SSSR count). The lowest BCUT2D eigenvalue weighted by atomic mass is 9.62. The summed E-state index contributed by atoms with van der Waals surface area (Å²) in [5.74, 6) is 3.41. The second-order valence-electron chi connectivity index (χ2n) is 7.86. The lowest BCUT2D eigenvalue weighted by Crippen LogP contribution is -2.39. The standard InChI is InChI=1S/C18H32O/c1-13(2)7-5-8-14(3)15-10-11-16-17(19)9-6-12-18(15,16)4/h13-16H,5-12H2,1-4H3/t14-,15-,16-,18-/m1/s1. The summed E-state index contributed by atoms with van der Waals surface area (Å²) in [5.41, 5.74) is 0.340. The van der Waals surface area contributed by atoms with E-state index in [4.69, 9.17) is 0 Å². The Hall–Kier alpha value is -0.330. The van der Waals surface area contributed by atoms with Crippen molar-refractivity contribution in [3.8, 4) is 0 Å². The fraction of sp³-hybridized carbons (Fsp3) is 0.944. The van der Waals surface area contributed by atoms with Gasteiger partial charge in [0, 0.05) is 12.3 Å². The smallest absolute Gasteiger partial charge is 0.136 e. The number of ketones is 1. The Morgan fingerprint density at radius 3 is 2.63 bits per heavy atom. The van der Waals surface area contributed by atoms with Gasteiger partial charge in [-0.25, -0.2) is 0 Å². The van der Waals surface area contributed by atoms with E-state index in [0.717, 1.165) is 30.6 Å². The zero-order valence-electron chi connectivity index (χ0n) is 13.4. The van der Waals surface area contributed by atoms with Crippen molar-refractivity contribution in [1.82, 2.24) is 0 Å². The molecule has 0 spiro atoms. The van der Waals surface area contributed by atoms with Gasteiger partial charge in [-0.15, -0.1) is 0 Å². The molecule has 1 heteroatoms. The van der Waals surface area contributed by atoms with Crippen LogP contribution in [0, 0.1) is 29.1 Å². The molecular formula is C18H32O. The highest BCUT2D eigenvalue weighted by Gasteiger charge is 2.52. The topological polar surface area (TPSA) is 17.1 Å². The molecule has 2 aliphatic rings. The molecule has 1 nitrogen and oxygen atoms in total. The van der Waals surface area contributed by atoms with E-state index < -0.39 is 0 Å². The number of Topliss-reactive ketones (excluding diaryl/α,β-unsaturated/α-hetero) is 1. The van der Waals surface area contributed by atoms with Crippen LogP contribution in [0.25, 0.3) is 0 Å². The molecule has 0 radical (unpaired) electrons. The molecule has 0 heterocycles. The molecule has 2 fully saturated rings. The molecule has 0 N–H and O–H groups in total. The maximum absolute atomic E-state index is 12.2. The average Bonchev–Trinajstić information content (AvgIpc) is 2.67. The number of hydrogen-bond donors (Lipinski definition) is 0. The van der Waals surface area contributed by atoms with Crippen molar-refractivity contribution in [3.63, 3.8) is 0 Å². The highest BCUT2D eigenvalue weighted by molar-refractivity contribution is 5.83. The molecular weight excluding hydrogens is 232 g/mol. The van der Waals surface area contributed by atoms with E-state index in [2.05, 4.69) is 27.7 Å². The molecule has 0 amide bonds. The summed E-state index contributed by atoms with van der Waals surface area (Å²) >= 11 is 0. The Bertz CT molecular complexity index is 320. The first-order chi connectivity index (χ1) is 8.95. The predicted molar refractivity (Wildman–Crippen MR) is 81.0 cm³/mol. The summed E-state index contributed by atoms with van der Waals surface area (Å²) in [7, 11) is 0. The second kappa shape index (κ2) is 5.97. The van der Waals surface area contributed by atoms with E-state index in [1.807, 2.05) is 0 Å². The quantitative estimate of drug-likeness (QED) is 0.664. The van der Waals surface area contributed by atoms with Gasteiger partial charge in [-0.3, -0.25) is 4.79 Å². The Morgan fingerprint density at radius 1 is 1.21 bits per heavy atom. The third-order valence-electron chi connectivity index (χ3n) is 6.06. The molecule has 0 aliphatic heterocycles. The van der Waals surface area contributed by atoms with Gasteiger partial charge >= 0.3 is 0 Å². The Morgan fingerprint density at radius 2 is 1.95 bits per heavy atom. The first-order valence-electron chi connectivity index (χ1n) is 8.48. The lowest BCUT2D eigenvalue weighted by molar-refractivity contribution is -0.130. The largest absolute Gasteiger partial charge is 0.299 e. The van der Waals surface area contributed by atoms with Crippen molar-refractivity contribution in [1.29, 1.82) is 0 Å². The van der Waals surface area contributed by atoms with Gasteiger partial charge < -0.3 is 0 Å². The van der Waals surface area contributed by atoms with Crippen molar-refractivity contribution in [2.75, 3.05) is 0 Å². The van der Waals surface area contributed by atoms with Crippen LogP contribution in [0.4, 0.5) is 0 Å². The SMILES string of the molecule is CC(C)CCC[C@@H](C)[C@H]1CC[C@@H]2C(=O)CCC[C@@]21C. The minimum Gasteiger partial charge on any atom is -0.299 e. The van der Waals surface area contributed by atoms with Gasteiger partial charge in [0.15, 0.2) is 0 Å². The van der Waals surface area contributed by atoms with E-state index in [1.54, 1.807) is 0 Å². The Kier molecular flexibility index (Phi) is 4.74. The van der Waals surface area contributed by atoms with Crippen molar-refractivity contribution in [3.05, 3.63) is 0 Å². The van der Waals surface area contributed by atoms with E-state index >= 15 is 0 Å². The van der Waals surface area contributed by atoms with Crippen LogP contribution in [0.5, 0.6) is 0 Å². The maximum Gasteiger partial charge on any atom is 0.136 e. The number of rotatable bonds is 5. The van der Waals surface area contributed by atoms with Crippen LogP contribution in [0.1, 0.15) is 79.1 Å². The second-order valence-corrected chi connectivity index (χ2v) is 7.86. The first-order valence-corrected chi connectivity index (χ1v) is 8.48. The van der Waals surface area contributed by atoms with Gasteiger partial charge in [-0.05, 0) is 48.9 Å². The molecule has 0 aromatic carbocycles. The summed E-state index contributed by atoms with van der Waals surface area (Å²) < 4.78 is 0. The van der Waals surface area contributed by atoms with Crippen molar-refractivity contribution in [2.45, 2.75) is 79.1 Å².